The first kappa shape index (κ1) is 13.8. The number of carbonyl (C=O) groups is 2. The average molecular weight is 343 g/mol. The van der Waals surface area contributed by atoms with Gasteiger partial charge in [-0.05, 0) is 0 Å². The molecule has 1 heterocycles. The van der Waals surface area contributed by atoms with Gasteiger partial charge in [0.15, 0.2) is 0 Å². The zero-order valence-corrected chi connectivity index (χ0v) is 12.0. The number of amidine groups is 1. The van der Waals surface area contributed by atoms with E-state index in [1.807, 2.05) is 0 Å². The fourth-order valence-corrected chi connectivity index (χ4v) is 2.16. The molecule has 0 spiro atoms. The molecule has 0 atom stereocenters. The van der Waals surface area contributed by atoms with Crippen LogP contribution in [0.15, 0.2) is 35.0 Å². The number of carboxylic acids is 1. The molecule has 97 valence electrons. The van der Waals surface area contributed by atoms with E-state index in [1.54, 1.807) is 30.3 Å². The van der Waals surface area contributed by atoms with Gasteiger partial charge in [0.25, 0.3) is 0 Å². The van der Waals surface area contributed by atoms with Crippen LogP contribution in [-0.2, 0) is 9.59 Å². The van der Waals surface area contributed by atoms with E-state index in [-0.39, 0.29) is 10.4 Å². The van der Waals surface area contributed by atoms with Gasteiger partial charge in [0.1, 0.15) is 0 Å². The van der Waals surface area contributed by atoms with Crippen LogP contribution in [0, 0.1) is 0 Å². The number of amides is 1. The molecule has 5 nitrogen and oxygen atoms in total. The van der Waals surface area contributed by atoms with Crippen molar-refractivity contribution in [3.63, 3.8) is 0 Å². The van der Waals surface area contributed by atoms with Crippen LogP contribution in [0.2, 0.25) is 5.02 Å². The second-order valence-corrected chi connectivity index (χ2v) is 4.96. The van der Waals surface area contributed by atoms with Crippen LogP contribution in [0.1, 0.15) is 5.56 Å². The van der Waals surface area contributed by atoms with E-state index in [4.69, 9.17) is 16.7 Å². The Morgan fingerprint density at radius 3 is 2.63 bits per heavy atom. The van der Waals surface area contributed by atoms with E-state index in [1.165, 1.54) is 0 Å². The molecule has 0 fully saturated rings. The van der Waals surface area contributed by atoms with Gasteiger partial charge >= 0.3 is 122 Å². The van der Waals surface area contributed by atoms with Crippen LogP contribution >= 0.6 is 11.6 Å². The maximum absolute atomic E-state index is 12.0. The molecule has 1 N–H and O–H groups in total. The van der Waals surface area contributed by atoms with Gasteiger partial charge in [-0.1, -0.05) is 0 Å². The molecule has 0 saturated heterocycles. The van der Waals surface area contributed by atoms with Crippen molar-refractivity contribution in [2.24, 2.45) is 4.99 Å². The Labute approximate surface area is 122 Å². The normalized spacial score (nSPS) is 16.9. The molecule has 1 radical (unpaired) electrons. The van der Waals surface area contributed by atoms with E-state index in [2.05, 4.69) is 21.0 Å². The third-order valence-corrected chi connectivity index (χ3v) is 3.28. The zero-order chi connectivity index (χ0) is 14.0. The molecule has 1 aromatic rings. The number of carboxylic acid groups (broad SMARTS) is 1. The molecular weight excluding hydrogens is 335 g/mol. The summed E-state index contributed by atoms with van der Waals surface area (Å²) in [6, 6.07) is 6.89. The van der Waals surface area contributed by atoms with Crippen molar-refractivity contribution in [2.75, 3.05) is 6.54 Å². The molecule has 7 heteroatoms. The molecule has 1 aliphatic heterocycles. The Kier molecular flexibility index (Phi) is 4.04. The molecule has 0 saturated carbocycles. The fourth-order valence-electron chi connectivity index (χ4n) is 1.52. The molecule has 0 aromatic heterocycles. The van der Waals surface area contributed by atoms with E-state index in [9.17, 15) is 9.59 Å². The van der Waals surface area contributed by atoms with Crippen molar-refractivity contribution in [1.82, 2.24) is 4.90 Å². The fraction of sp³-hybridized carbons (Fsp3) is 0.0833. The maximum atomic E-state index is 12.0. The first-order valence-electron chi connectivity index (χ1n) is 5.24. The average Bonchev–Trinajstić information content (AvgIpc) is 2.60. The number of rotatable bonds is 3. The third-order valence-electron chi connectivity index (χ3n) is 2.38. The Hall–Kier alpha value is -1.62. The number of halogens is 1. The number of aliphatic imine (C=N–C) groups is 1. The summed E-state index contributed by atoms with van der Waals surface area (Å²) in [5, 5.41) is 9.32. The number of benzene rings is 1. The van der Waals surface area contributed by atoms with Gasteiger partial charge in [-0.3, -0.25) is 0 Å². The Morgan fingerprint density at radius 1 is 1.42 bits per heavy atom. The van der Waals surface area contributed by atoms with Gasteiger partial charge in [0, 0.05) is 0 Å². The van der Waals surface area contributed by atoms with Crippen molar-refractivity contribution < 1.29 is 14.7 Å². The van der Waals surface area contributed by atoms with E-state index < -0.39 is 18.4 Å². The van der Waals surface area contributed by atoms with Crippen LogP contribution in [0.25, 0.3) is 6.08 Å². The molecule has 19 heavy (non-hydrogen) atoms. The van der Waals surface area contributed by atoms with Crippen molar-refractivity contribution >= 4 is 50.3 Å². The van der Waals surface area contributed by atoms with E-state index >= 15 is 0 Å². The molecule has 1 aromatic carbocycles. The zero-order valence-electron chi connectivity index (χ0n) is 9.54. The molecule has 0 bridgehead atoms. The second kappa shape index (κ2) is 5.57. The summed E-state index contributed by atoms with van der Waals surface area (Å²) < 4.78 is 0.257. The predicted molar refractivity (Wildman–Crippen MR) is 72.0 cm³/mol. The second-order valence-electron chi connectivity index (χ2n) is 3.76. The number of aliphatic carboxylic acids is 1. The number of hydrogen-bond donors (Lipinski definition) is 1. The first-order valence-corrected chi connectivity index (χ1v) is 6.47. The van der Waals surface area contributed by atoms with Crippen molar-refractivity contribution in [3.05, 3.63) is 40.5 Å². The van der Waals surface area contributed by atoms with Crippen LogP contribution in [0.3, 0.4) is 0 Å². The minimum absolute atomic E-state index is 0.192. The summed E-state index contributed by atoms with van der Waals surface area (Å²) >= 11 is 8.35. The summed E-state index contributed by atoms with van der Waals surface area (Å²) in [5.74, 6) is -1.53. The van der Waals surface area contributed by atoms with Gasteiger partial charge in [-0.2, -0.15) is 0 Å². The Bertz CT molecular complexity index is 595. The summed E-state index contributed by atoms with van der Waals surface area (Å²) in [6.45, 7) is -0.414. The molecular formula is C12H8ClN2O3Se. The molecule has 0 aliphatic carbocycles. The number of nitrogens with zero attached hydrogens (tertiary/aromatic N) is 2. The SMILES string of the molecule is O=C(O)CN1C(=O)/C(=C/c2ccc(Cl)cc2)N=C1[Se]. The monoisotopic (exact) mass is 343 g/mol. The quantitative estimate of drug-likeness (QED) is 0.661. The van der Waals surface area contributed by atoms with Crippen LogP contribution in [0.4, 0.5) is 0 Å². The Morgan fingerprint density at radius 2 is 2.05 bits per heavy atom. The number of hydrogen-bond acceptors (Lipinski definition) is 3. The summed E-state index contributed by atoms with van der Waals surface area (Å²) in [5.41, 5.74) is 0.957. The summed E-state index contributed by atoms with van der Waals surface area (Å²) in [6.07, 6.45) is 1.58. The Balaban J connectivity index is 2.25. The van der Waals surface area contributed by atoms with Crippen LogP contribution < -0.4 is 0 Å². The summed E-state index contributed by atoms with van der Waals surface area (Å²) in [7, 11) is 0. The molecule has 1 amide bonds. The molecule has 2 rings (SSSR count). The first-order chi connectivity index (χ1) is 8.97. The standard InChI is InChI=1S/C12H8ClN2O3Se/c13-8-3-1-7(2-4-8)5-9-11(18)15(6-10(16)17)12(19)14-9/h1-5H,6H2,(H,16,17)/b9-5-. The van der Waals surface area contributed by atoms with Gasteiger partial charge in [0.2, 0.25) is 0 Å². The van der Waals surface area contributed by atoms with Crippen molar-refractivity contribution in [2.45, 2.75) is 0 Å². The van der Waals surface area contributed by atoms with E-state index in [0.717, 1.165) is 10.5 Å². The molecule has 1 aliphatic rings. The van der Waals surface area contributed by atoms with Gasteiger partial charge in [0.05, 0.1) is 0 Å². The van der Waals surface area contributed by atoms with Crippen molar-refractivity contribution in [1.29, 1.82) is 0 Å². The van der Waals surface area contributed by atoms with Gasteiger partial charge in [-0.25, -0.2) is 0 Å². The van der Waals surface area contributed by atoms with Crippen LogP contribution in [0.5, 0.6) is 0 Å². The van der Waals surface area contributed by atoms with Gasteiger partial charge in [-0.15, -0.1) is 0 Å². The third kappa shape index (κ3) is 3.23. The molecule has 0 unspecified atom stereocenters. The van der Waals surface area contributed by atoms with Crippen LogP contribution in [-0.4, -0.2) is 49.2 Å². The van der Waals surface area contributed by atoms with Crippen molar-refractivity contribution in [3.8, 4) is 0 Å². The van der Waals surface area contributed by atoms with Gasteiger partial charge < -0.3 is 0 Å². The summed E-state index contributed by atoms with van der Waals surface area (Å²) in [4.78, 5) is 27.7. The number of carbonyl (C=O) groups excluding carboxylic acids is 1. The predicted octanol–water partition coefficient (Wildman–Crippen LogP) is 1.13. The topological polar surface area (TPSA) is 70.0 Å². The minimum atomic E-state index is -1.09. The van der Waals surface area contributed by atoms with E-state index in [0.29, 0.717) is 5.02 Å².